The van der Waals surface area contributed by atoms with E-state index < -0.39 is 0 Å². The molecule has 0 saturated heterocycles. The molecule has 1 N–H and O–H groups in total. The van der Waals surface area contributed by atoms with Gasteiger partial charge < -0.3 is 5.32 Å². The van der Waals surface area contributed by atoms with Crippen LogP contribution in [0.3, 0.4) is 0 Å². The summed E-state index contributed by atoms with van der Waals surface area (Å²) in [6, 6.07) is 21.7. The zero-order valence-corrected chi connectivity index (χ0v) is 12.1. The maximum Gasteiger partial charge on any atom is 0.163 e. The van der Waals surface area contributed by atoms with Crippen molar-refractivity contribution >= 4 is 17.4 Å². The smallest absolute Gasteiger partial charge is 0.163 e. The number of aromatic nitrogens is 2. The Labute approximate surface area is 128 Å². The average molecular weight is 296 g/mol. The van der Waals surface area contributed by atoms with Crippen LogP contribution in [0.4, 0.5) is 5.82 Å². The van der Waals surface area contributed by atoms with Gasteiger partial charge in [0.1, 0.15) is 11.0 Å². The highest BCUT2D eigenvalue weighted by Gasteiger charge is 2.05. The number of hydrogen-bond donors (Lipinski definition) is 1. The minimum atomic E-state index is 0.430. The van der Waals surface area contributed by atoms with Crippen LogP contribution in [0.1, 0.15) is 5.56 Å². The predicted octanol–water partition coefficient (Wildman–Crippen LogP) is 4.41. The standard InChI is InChI=1S/C17H14ClN3/c18-15-11-16(19-12-13-7-3-1-4-8-13)21-17(20-15)14-9-5-2-6-10-14/h1-11H,12H2,(H,19,20,21). The lowest BCUT2D eigenvalue weighted by atomic mass is 10.2. The highest BCUT2D eigenvalue weighted by atomic mass is 35.5. The summed E-state index contributed by atoms with van der Waals surface area (Å²) >= 11 is 6.09. The Kier molecular flexibility index (Phi) is 4.12. The number of anilines is 1. The normalized spacial score (nSPS) is 10.3. The van der Waals surface area contributed by atoms with E-state index in [1.165, 1.54) is 5.56 Å². The van der Waals surface area contributed by atoms with E-state index >= 15 is 0 Å². The molecule has 0 unspecified atom stereocenters. The van der Waals surface area contributed by atoms with E-state index in [2.05, 4.69) is 27.4 Å². The summed E-state index contributed by atoms with van der Waals surface area (Å²) in [6.45, 7) is 0.697. The molecule has 0 spiro atoms. The van der Waals surface area contributed by atoms with Gasteiger partial charge in [-0.1, -0.05) is 72.3 Å². The van der Waals surface area contributed by atoms with Gasteiger partial charge in [0.05, 0.1) is 0 Å². The third-order valence-electron chi connectivity index (χ3n) is 3.04. The van der Waals surface area contributed by atoms with E-state index in [0.29, 0.717) is 17.5 Å². The molecule has 2 aromatic carbocycles. The van der Waals surface area contributed by atoms with Crippen LogP contribution in [0.15, 0.2) is 66.7 Å². The lowest BCUT2D eigenvalue weighted by Crippen LogP contribution is -2.03. The second kappa shape index (κ2) is 6.37. The highest BCUT2D eigenvalue weighted by Crippen LogP contribution is 2.20. The maximum absolute atomic E-state index is 6.09. The van der Waals surface area contributed by atoms with Gasteiger partial charge in [0, 0.05) is 18.2 Å². The van der Waals surface area contributed by atoms with Crippen LogP contribution in [0, 0.1) is 0 Å². The molecule has 0 radical (unpaired) electrons. The molecule has 1 heterocycles. The van der Waals surface area contributed by atoms with Crippen molar-refractivity contribution in [1.82, 2.24) is 9.97 Å². The van der Waals surface area contributed by atoms with E-state index in [1.54, 1.807) is 6.07 Å². The van der Waals surface area contributed by atoms with Gasteiger partial charge in [-0.3, -0.25) is 0 Å². The lowest BCUT2D eigenvalue weighted by Gasteiger charge is -2.08. The van der Waals surface area contributed by atoms with Gasteiger partial charge in [-0.05, 0) is 5.56 Å². The van der Waals surface area contributed by atoms with Gasteiger partial charge >= 0.3 is 0 Å². The quantitative estimate of drug-likeness (QED) is 0.725. The first kappa shape index (κ1) is 13.6. The van der Waals surface area contributed by atoms with Crippen molar-refractivity contribution in [2.24, 2.45) is 0 Å². The van der Waals surface area contributed by atoms with Crippen LogP contribution < -0.4 is 5.32 Å². The molecular weight excluding hydrogens is 282 g/mol. The van der Waals surface area contributed by atoms with Crippen LogP contribution in [0.25, 0.3) is 11.4 Å². The predicted molar refractivity (Wildman–Crippen MR) is 86.2 cm³/mol. The second-order valence-corrected chi connectivity index (χ2v) is 4.99. The van der Waals surface area contributed by atoms with Crippen LogP contribution in [-0.4, -0.2) is 9.97 Å². The molecule has 0 amide bonds. The van der Waals surface area contributed by atoms with Crippen molar-refractivity contribution in [3.63, 3.8) is 0 Å². The summed E-state index contributed by atoms with van der Waals surface area (Å²) in [5, 5.41) is 3.71. The SMILES string of the molecule is Clc1cc(NCc2ccccc2)nc(-c2ccccc2)n1. The number of nitrogens with one attached hydrogen (secondary N) is 1. The molecule has 0 aliphatic heterocycles. The Hall–Kier alpha value is -2.39. The fourth-order valence-corrected chi connectivity index (χ4v) is 2.20. The zero-order valence-electron chi connectivity index (χ0n) is 11.3. The first-order chi connectivity index (χ1) is 10.3. The van der Waals surface area contributed by atoms with Crippen molar-refractivity contribution in [1.29, 1.82) is 0 Å². The van der Waals surface area contributed by atoms with Gasteiger partial charge in [-0.15, -0.1) is 0 Å². The average Bonchev–Trinajstić information content (AvgIpc) is 2.54. The molecule has 3 aromatic rings. The third-order valence-corrected chi connectivity index (χ3v) is 3.24. The Morgan fingerprint density at radius 2 is 1.52 bits per heavy atom. The van der Waals surface area contributed by atoms with Crippen molar-refractivity contribution in [3.05, 3.63) is 77.4 Å². The summed E-state index contributed by atoms with van der Waals surface area (Å²) in [5.74, 6) is 1.34. The summed E-state index contributed by atoms with van der Waals surface area (Å²) in [5.41, 5.74) is 2.14. The van der Waals surface area contributed by atoms with Crippen molar-refractivity contribution < 1.29 is 0 Å². The number of rotatable bonds is 4. The molecule has 3 rings (SSSR count). The molecule has 21 heavy (non-hydrogen) atoms. The molecule has 1 aromatic heterocycles. The molecule has 0 aliphatic carbocycles. The molecule has 104 valence electrons. The molecular formula is C17H14ClN3. The molecule has 0 fully saturated rings. The molecule has 3 nitrogen and oxygen atoms in total. The van der Waals surface area contributed by atoms with E-state index in [0.717, 1.165) is 11.4 Å². The van der Waals surface area contributed by atoms with Gasteiger partial charge in [0.25, 0.3) is 0 Å². The topological polar surface area (TPSA) is 37.8 Å². The Bertz CT molecular complexity index is 715. The molecule has 0 saturated carbocycles. The van der Waals surface area contributed by atoms with E-state index in [-0.39, 0.29) is 0 Å². The van der Waals surface area contributed by atoms with Crippen LogP contribution in [-0.2, 0) is 6.54 Å². The van der Waals surface area contributed by atoms with E-state index in [1.807, 2.05) is 48.5 Å². The molecule has 4 heteroatoms. The first-order valence-electron chi connectivity index (χ1n) is 6.69. The Morgan fingerprint density at radius 1 is 0.857 bits per heavy atom. The van der Waals surface area contributed by atoms with Gasteiger partial charge in [-0.25, -0.2) is 9.97 Å². The minimum Gasteiger partial charge on any atom is -0.366 e. The lowest BCUT2D eigenvalue weighted by molar-refractivity contribution is 1.09. The minimum absolute atomic E-state index is 0.430. The van der Waals surface area contributed by atoms with Gasteiger partial charge in [0.2, 0.25) is 0 Å². The second-order valence-electron chi connectivity index (χ2n) is 4.60. The van der Waals surface area contributed by atoms with E-state index in [4.69, 9.17) is 11.6 Å². The van der Waals surface area contributed by atoms with Crippen LogP contribution >= 0.6 is 11.6 Å². The third kappa shape index (κ3) is 3.58. The van der Waals surface area contributed by atoms with Gasteiger partial charge in [0.15, 0.2) is 5.82 Å². The number of benzene rings is 2. The highest BCUT2D eigenvalue weighted by molar-refractivity contribution is 6.29. The zero-order chi connectivity index (χ0) is 14.5. The Morgan fingerprint density at radius 3 is 2.24 bits per heavy atom. The number of nitrogens with zero attached hydrogens (tertiary/aromatic N) is 2. The fourth-order valence-electron chi connectivity index (χ4n) is 2.01. The van der Waals surface area contributed by atoms with Gasteiger partial charge in [-0.2, -0.15) is 0 Å². The summed E-state index contributed by atoms with van der Waals surface area (Å²) < 4.78 is 0. The number of halogens is 1. The summed E-state index contributed by atoms with van der Waals surface area (Å²) in [6.07, 6.45) is 0. The van der Waals surface area contributed by atoms with Crippen LogP contribution in [0.5, 0.6) is 0 Å². The largest absolute Gasteiger partial charge is 0.366 e. The summed E-state index contributed by atoms with van der Waals surface area (Å²) in [4.78, 5) is 8.79. The molecule has 0 atom stereocenters. The fraction of sp³-hybridized carbons (Fsp3) is 0.0588. The van der Waals surface area contributed by atoms with Crippen molar-refractivity contribution in [3.8, 4) is 11.4 Å². The summed E-state index contributed by atoms with van der Waals surface area (Å²) in [7, 11) is 0. The monoisotopic (exact) mass is 295 g/mol. The van der Waals surface area contributed by atoms with Crippen molar-refractivity contribution in [2.75, 3.05) is 5.32 Å². The van der Waals surface area contributed by atoms with E-state index in [9.17, 15) is 0 Å². The van der Waals surface area contributed by atoms with Crippen LogP contribution in [0.2, 0.25) is 5.15 Å². The van der Waals surface area contributed by atoms with Crippen molar-refractivity contribution in [2.45, 2.75) is 6.54 Å². The number of hydrogen-bond acceptors (Lipinski definition) is 3. The molecule has 0 aliphatic rings. The molecule has 0 bridgehead atoms. The Balaban J connectivity index is 1.82. The maximum atomic E-state index is 6.09. The first-order valence-corrected chi connectivity index (χ1v) is 7.07.